The molecular formula is C15H13F2N3O2S. The number of halogens is 2. The average molecular weight is 337 g/mol. The fraction of sp³-hybridized carbons (Fsp3) is 0.0667. The zero-order valence-electron chi connectivity index (χ0n) is 12.0. The minimum Gasteiger partial charge on any atom is -0.507 e. The molecule has 0 aliphatic rings. The molecule has 0 spiro atoms. The lowest BCUT2D eigenvalue weighted by atomic mass is 10.0. The van der Waals surface area contributed by atoms with E-state index in [0.29, 0.717) is 5.56 Å². The van der Waals surface area contributed by atoms with E-state index in [1.54, 1.807) is 7.05 Å². The van der Waals surface area contributed by atoms with E-state index in [1.165, 1.54) is 18.2 Å². The highest BCUT2D eigenvalue weighted by atomic mass is 32.1. The molecule has 0 fully saturated rings. The van der Waals surface area contributed by atoms with E-state index in [9.17, 15) is 18.7 Å². The first-order valence-electron chi connectivity index (χ1n) is 6.48. The van der Waals surface area contributed by atoms with Crippen molar-refractivity contribution in [2.24, 2.45) is 0 Å². The summed E-state index contributed by atoms with van der Waals surface area (Å²) in [6.07, 6.45) is 0. The molecule has 0 atom stereocenters. The topological polar surface area (TPSA) is 73.4 Å². The molecule has 0 radical (unpaired) electrons. The van der Waals surface area contributed by atoms with Gasteiger partial charge in [0, 0.05) is 13.1 Å². The second-order valence-electron chi connectivity index (χ2n) is 4.55. The lowest BCUT2D eigenvalue weighted by Crippen LogP contribution is -2.45. The van der Waals surface area contributed by atoms with Crippen LogP contribution in [0, 0.1) is 11.6 Å². The number of carbonyl (C=O) groups is 1. The van der Waals surface area contributed by atoms with E-state index in [1.807, 2.05) is 0 Å². The number of amides is 1. The minimum atomic E-state index is -0.736. The number of hydrazine groups is 1. The number of hydrogen-bond acceptors (Lipinski definition) is 3. The maximum Gasteiger partial charge on any atom is 0.273 e. The first-order chi connectivity index (χ1) is 10.9. The number of phenols is 1. The van der Waals surface area contributed by atoms with E-state index in [0.717, 1.165) is 18.2 Å². The Labute approximate surface area is 136 Å². The van der Waals surface area contributed by atoms with Gasteiger partial charge < -0.3 is 10.4 Å². The minimum absolute atomic E-state index is 0.0708. The molecule has 2 aromatic rings. The van der Waals surface area contributed by atoms with Crippen molar-refractivity contribution in [3.8, 4) is 16.9 Å². The summed E-state index contributed by atoms with van der Waals surface area (Å²) in [5.74, 6) is -2.40. The summed E-state index contributed by atoms with van der Waals surface area (Å²) in [4.78, 5) is 12.0. The average Bonchev–Trinajstić information content (AvgIpc) is 2.51. The van der Waals surface area contributed by atoms with Crippen molar-refractivity contribution in [3.63, 3.8) is 0 Å². The Morgan fingerprint density at radius 2 is 1.70 bits per heavy atom. The molecule has 0 aliphatic carbocycles. The van der Waals surface area contributed by atoms with E-state index < -0.39 is 17.5 Å². The van der Waals surface area contributed by atoms with Gasteiger partial charge in [0.1, 0.15) is 17.4 Å². The first kappa shape index (κ1) is 16.6. The van der Waals surface area contributed by atoms with Crippen molar-refractivity contribution in [2.45, 2.75) is 0 Å². The van der Waals surface area contributed by atoms with E-state index in [-0.39, 0.29) is 22.0 Å². The number of phenolic OH excluding ortho intramolecular Hbond substituents is 1. The number of benzene rings is 2. The number of aromatic hydroxyl groups is 1. The molecule has 0 unspecified atom stereocenters. The molecule has 5 nitrogen and oxygen atoms in total. The van der Waals surface area contributed by atoms with Gasteiger partial charge in [-0.25, -0.2) is 8.78 Å². The number of nitrogens with one attached hydrogen (secondary N) is 3. The van der Waals surface area contributed by atoms with E-state index >= 15 is 0 Å². The Hall–Kier alpha value is -2.74. The number of hydrogen-bond donors (Lipinski definition) is 4. The molecule has 2 aromatic carbocycles. The number of carbonyl (C=O) groups excluding carboxylic acids is 1. The van der Waals surface area contributed by atoms with Gasteiger partial charge >= 0.3 is 0 Å². The van der Waals surface area contributed by atoms with Crippen LogP contribution in [0.15, 0.2) is 36.4 Å². The van der Waals surface area contributed by atoms with Gasteiger partial charge in [-0.1, -0.05) is 6.07 Å². The smallest absolute Gasteiger partial charge is 0.273 e. The molecule has 0 aromatic heterocycles. The normalized spacial score (nSPS) is 10.0. The molecule has 1 amide bonds. The third-order valence-corrected chi connectivity index (χ3v) is 3.26. The van der Waals surface area contributed by atoms with Crippen LogP contribution in [0.3, 0.4) is 0 Å². The standard InChI is InChI=1S/C15H13F2N3O2S/c1-18-15(23)20-19-14(22)12-6-8(2-3-13(12)21)9-4-10(16)7-11(17)5-9/h2-7,21H,1H3,(H,19,22)(H2,18,20,23). The van der Waals surface area contributed by atoms with E-state index in [2.05, 4.69) is 16.2 Å². The van der Waals surface area contributed by atoms with Crippen LogP contribution in [-0.4, -0.2) is 23.2 Å². The fourth-order valence-corrected chi connectivity index (χ4v) is 1.91. The van der Waals surface area contributed by atoms with Gasteiger partial charge in [0.05, 0.1) is 5.56 Å². The van der Waals surface area contributed by atoms with Gasteiger partial charge in [0.25, 0.3) is 5.91 Å². The molecule has 0 saturated carbocycles. The Morgan fingerprint density at radius 1 is 1.04 bits per heavy atom. The zero-order chi connectivity index (χ0) is 17.0. The Bertz CT molecular complexity index is 748. The van der Waals surface area contributed by atoms with Crippen LogP contribution in [0.2, 0.25) is 0 Å². The summed E-state index contributed by atoms with van der Waals surface area (Å²) in [5, 5.41) is 12.6. The van der Waals surface area contributed by atoms with Gasteiger partial charge in [-0.3, -0.25) is 15.6 Å². The van der Waals surface area contributed by atoms with Crippen LogP contribution in [0.4, 0.5) is 8.78 Å². The summed E-state index contributed by atoms with van der Waals surface area (Å²) in [6, 6.07) is 7.05. The van der Waals surface area contributed by atoms with E-state index in [4.69, 9.17) is 12.2 Å². The molecule has 0 aliphatic heterocycles. The van der Waals surface area contributed by atoms with Gasteiger partial charge in [-0.2, -0.15) is 0 Å². The molecule has 23 heavy (non-hydrogen) atoms. The lowest BCUT2D eigenvalue weighted by molar-refractivity contribution is 0.0941. The van der Waals surface area contributed by atoms with Crippen molar-refractivity contribution < 1.29 is 18.7 Å². The van der Waals surface area contributed by atoms with Crippen LogP contribution >= 0.6 is 12.2 Å². The molecular weight excluding hydrogens is 324 g/mol. The highest BCUT2D eigenvalue weighted by Gasteiger charge is 2.13. The summed E-state index contributed by atoms with van der Waals surface area (Å²) in [7, 11) is 1.57. The first-order valence-corrected chi connectivity index (χ1v) is 6.89. The molecule has 0 bridgehead atoms. The van der Waals surface area contributed by atoms with Crippen molar-refractivity contribution in [1.82, 2.24) is 16.2 Å². The monoisotopic (exact) mass is 337 g/mol. The van der Waals surface area contributed by atoms with Crippen LogP contribution in [-0.2, 0) is 0 Å². The van der Waals surface area contributed by atoms with Crippen LogP contribution < -0.4 is 16.2 Å². The molecule has 8 heteroatoms. The second-order valence-corrected chi connectivity index (χ2v) is 4.96. The SMILES string of the molecule is CNC(=S)NNC(=O)c1cc(-c2cc(F)cc(F)c2)ccc1O. The van der Waals surface area contributed by atoms with Crippen LogP contribution in [0.5, 0.6) is 5.75 Å². The predicted octanol–water partition coefficient (Wildman–Crippen LogP) is 2.08. The molecule has 120 valence electrons. The fourth-order valence-electron chi connectivity index (χ4n) is 1.86. The third-order valence-electron chi connectivity index (χ3n) is 2.95. The largest absolute Gasteiger partial charge is 0.507 e. The Morgan fingerprint density at radius 3 is 2.30 bits per heavy atom. The highest BCUT2D eigenvalue weighted by molar-refractivity contribution is 7.80. The van der Waals surface area contributed by atoms with Crippen molar-refractivity contribution in [2.75, 3.05) is 7.05 Å². The number of thiocarbonyl (C=S) groups is 1. The maximum absolute atomic E-state index is 13.3. The second kappa shape index (κ2) is 7.01. The van der Waals surface area contributed by atoms with Gasteiger partial charge in [0.15, 0.2) is 5.11 Å². The quantitative estimate of drug-likeness (QED) is 0.499. The zero-order valence-corrected chi connectivity index (χ0v) is 12.8. The maximum atomic E-state index is 13.3. The van der Waals surface area contributed by atoms with Crippen molar-refractivity contribution in [3.05, 3.63) is 53.6 Å². The Balaban J connectivity index is 2.31. The predicted molar refractivity (Wildman–Crippen MR) is 85.7 cm³/mol. The summed E-state index contributed by atoms with van der Waals surface area (Å²) >= 11 is 4.80. The lowest BCUT2D eigenvalue weighted by Gasteiger charge is -2.11. The molecule has 0 saturated heterocycles. The van der Waals surface area contributed by atoms with Gasteiger partial charge in [-0.05, 0) is 47.6 Å². The van der Waals surface area contributed by atoms with Crippen LogP contribution in [0.1, 0.15) is 10.4 Å². The number of rotatable bonds is 2. The summed E-state index contributed by atoms with van der Waals surface area (Å²) in [6.45, 7) is 0. The summed E-state index contributed by atoms with van der Waals surface area (Å²) in [5.41, 5.74) is 5.27. The van der Waals surface area contributed by atoms with Crippen molar-refractivity contribution in [1.29, 1.82) is 0 Å². The van der Waals surface area contributed by atoms with Gasteiger partial charge in [-0.15, -0.1) is 0 Å². The van der Waals surface area contributed by atoms with Crippen molar-refractivity contribution >= 4 is 23.2 Å². The Kier molecular flexibility index (Phi) is 5.07. The highest BCUT2D eigenvalue weighted by Crippen LogP contribution is 2.27. The molecule has 0 heterocycles. The summed E-state index contributed by atoms with van der Waals surface area (Å²) < 4.78 is 26.6. The molecule has 2 rings (SSSR count). The van der Waals surface area contributed by atoms with Gasteiger partial charge in [0.2, 0.25) is 0 Å². The third kappa shape index (κ3) is 4.13. The van der Waals surface area contributed by atoms with Crippen LogP contribution in [0.25, 0.3) is 11.1 Å². The molecule has 4 N–H and O–H groups in total.